The molecule has 4 rings (SSSR count). The smallest absolute Gasteiger partial charge is 0.260 e. The fourth-order valence-corrected chi connectivity index (χ4v) is 2.84. The molecule has 1 fully saturated rings. The number of rotatable bonds is 7. The van der Waals surface area contributed by atoms with Crippen LogP contribution in [0.5, 0.6) is 5.75 Å². The number of anilines is 1. The molecule has 138 valence electrons. The number of nitrogens with one attached hydrogen (secondary N) is 2. The SMILES string of the molecule is Cc1ccc(OCCC2CC2)c(C(=O)Nc2cccc(-c3ncn[nH]3)n2)c1. The molecule has 0 unspecified atom stereocenters. The number of benzene rings is 1. The number of amides is 1. The highest BCUT2D eigenvalue weighted by Gasteiger charge is 2.21. The second kappa shape index (κ2) is 7.57. The van der Waals surface area contributed by atoms with Crippen molar-refractivity contribution in [3.8, 4) is 17.3 Å². The van der Waals surface area contributed by atoms with Gasteiger partial charge in [0.1, 0.15) is 23.6 Å². The largest absolute Gasteiger partial charge is 0.493 e. The number of aromatic nitrogens is 4. The van der Waals surface area contributed by atoms with Crippen LogP contribution in [0.15, 0.2) is 42.7 Å². The third-order valence-corrected chi connectivity index (χ3v) is 4.51. The van der Waals surface area contributed by atoms with E-state index in [2.05, 4.69) is 25.5 Å². The first-order valence-electron chi connectivity index (χ1n) is 9.06. The summed E-state index contributed by atoms with van der Waals surface area (Å²) in [7, 11) is 0. The summed E-state index contributed by atoms with van der Waals surface area (Å²) in [5.41, 5.74) is 2.12. The van der Waals surface area contributed by atoms with Crippen molar-refractivity contribution >= 4 is 11.7 Å². The van der Waals surface area contributed by atoms with Gasteiger partial charge in [-0.15, -0.1) is 0 Å². The fourth-order valence-electron chi connectivity index (χ4n) is 2.84. The lowest BCUT2D eigenvalue weighted by Crippen LogP contribution is -2.15. The van der Waals surface area contributed by atoms with Gasteiger partial charge in [0.2, 0.25) is 0 Å². The van der Waals surface area contributed by atoms with Gasteiger partial charge < -0.3 is 10.1 Å². The zero-order valence-corrected chi connectivity index (χ0v) is 15.1. The van der Waals surface area contributed by atoms with Crippen LogP contribution in [0, 0.1) is 12.8 Å². The van der Waals surface area contributed by atoms with Gasteiger partial charge in [0, 0.05) is 0 Å². The van der Waals surface area contributed by atoms with E-state index in [0.29, 0.717) is 35.3 Å². The molecule has 7 heteroatoms. The lowest BCUT2D eigenvalue weighted by Gasteiger charge is -2.12. The third kappa shape index (κ3) is 4.31. The van der Waals surface area contributed by atoms with Gasteiger partial charge in [-0.25, -0.2) is 9.97 Å². The maximum atomic E-state index is 12.8. The monoisotopic (exact) mass is 363 g/mol. The summed E-state index contributed by atoms with van der Waals surface area (Å²) in [5.74, 6) is 2.13. The number of nitrogens with zero attached hydrogens (tertiary/aromatic N) is 3. The van der Waals surface area contributed by atoms with E-state index in [1.807, 2.05) is 31.2 Å². The summed E-state index contributed by atoms with van der Waals surface area (Å²) in [5, 5.41) is 9.43. The molecule has 2 aromatic heterocycles. The molecule has 27 heavy (non-hydrogen) atoms. The molecule has 0 radical (unpaired) electrons. The van der Waals surface area contributed by atoms with Gasteiger partial charge >= 0.3 is 0 Å². The highest BCUT2D eigenvalue weighted by atomic mass is 16.5. The molecule has 3 aromatic rings. The molecular formula is C20H21N5O2. The first kappa shape index (κ1) is 17.2. The Labute approximate surface area is 157 Å². The fraction of sp³-hybridized carbons (Fsp3) is 0.300. The normalized spacial score (nSPS) is 13.4. The average molecular weight is 363 g/mol. The minimum Gasteiger partial charge on any atom is -0.493 e. The predicted molar refractivity (Wildman–Crippen MR) is 102 cm³/mol. The van der Waals surface area contributed by atoms with Crippen molar-refractivity contribution in [1.29, 1.82) is 0 Å². The maximum absolute atomic E-state index is 12.8. The van der Waals surface area contributed by atoms with Crippen molar-refractivity contribution < 1.29 is 9.53 Å². The van der Waals surface area contributed by atoms with Crippen molar-refractivity contribution in [1.82, 2.24) is 20.2 Å². The van der Waals surface area contributed by atoms with Crippen LogP contribution < -0.4 is 10.1 Å². The van der Waals surface area contributed by atoms with Crippen LogP contribution in [0.1, 0.15) is 35.2 Å². The van der Waals surface area contributed by atoms with Gasteiger partial charge in [-0.2, -0.15) is 5.10 Å². The van der Waals surface area contributed by atoms with Gasteiger partial charge in [-0.05, 0) is 43.5 Å². The second-order valence-electron chi connectivity index (χ2n) is 6.78. The third-order valence-electron chi connectivity index (χ3n) is 4.51. The number of carbonyl (C=O) groups is 1. The lowest BCUT2D eigenvalue weighted by atomic mass is 10.1. The van der Waals surface area contributed by atoms with Crippen molar-refractivity contribution in [2.24, 2.45) is 5.92 Å². The van der Waals surface area contributed by atoms with Crippen LogP contribution in [0.3, 0.4) is 0 Å². The number of pyridine rings is 1. The molecule has 2 heterocycles. The molecule has 1 amide bonds. The molecule has 0 saturated heterocycles. The van der Waals surface area contributed by atoms with E-state index >= 15 is 0 Å². The number of aromatic amines is 1. The molecule has 1 saturated carbocycles. The van der Waals surface area contributed by atoms with Crippen LogP contribution in [-0.2, 0) is 0 Å². The minimum absolute atomic E-state index is 0.248. The molecule has 0 spiro atoms. The van der Waals surface area contributed by atoms with Crippen molar-refractivity contribution in [3.63, 3.8) is 0 Å². The Bertz CT molecular complexity index is 935. The first-order valence-corrected chi connectivity index (χ1v) is 9.06. The molecule has 0 bridgehead atoms. The van der Waals surface area contributed by atoms with E-state index < -0.39 is 0 Å². The Morgan fingerprint density at radius 3 is 2.96 bits per heavy atom. The summed E-state index contributed by atoms with van der Waals surface area (Å²) in [4.78, 5) is 21.3. The van der Waals surface area contributed by atoms with Crippen molar-refractivity contribution in [3.05, 3.63) is 53.9 Å². The Morgan fingerprint density at radius 1 is 1.30 bits per heavy atom. The van der Waals surface area contributed by atoms with E-state index in [-0.39, 0.29) is 5.91 Å². The van der Waals surface area contributed by atoms with Crippen molar-refractivity contribution in [2.75, 3.05) is 11.9 Å². The standard InChI is InChI=1S/C20H21N5O2/c1-13-5-8-17(27-10-9-14-6-7-14)15(11-13)20(26)24-18-4-2-3-16(23-18)19-21-12-22-25-19/h2-5,8,11-12,14H,6-7,9-10H2,1H3,(H,21,22,25)(H,23,24,26). The quantitative estimate of drug-likeness (QED) is 0.669. The van der Waals surface area contributed by atoms with Crippen LogP contribution >= 0.6 is 0 Å². The summed E-state index contributed by atoms with van der Waals surface area (Å²) in [6.45, 7) is 2.58. The van der Waals surface area contributed by atoms with E-state index in [1.54, 1.807) is 12.1 Å². The molecule has 0 aliphatic heterocycles. The number of ether oxygens (including phenoxy) is 1. The lowest BCUT2D eigenvalue weighted by molar-refractivity contribution is 0.102. The molecule has 1 aliphatic carbocycles. The molecule has 1 aliphatic rings. The van der Waals surface area contributed by atoms with Crippen LogP contribution in [-0.4, -0.2) is 32.7 Å². The van der Waals surface area contributed by atoms with E-state index in [1.165, 1.54) is 19.2 Å². The highest BCUT2D eigenvalue weighted by molar-refractivity contribution is 6.06. The summed E-state index contributed by atoms with van der Waals surface area (Å²) < 4.78 is 5.88. The summed E-state index contributed by atoms with van der Waals surface area (Å²) in [6.07, 6.45) is 5.03. The Morgan fingerprint density at radius 2 is 2.19 bits per heavy atom. The van der Waals surface area contributed by atoms with Crippen LogP contribution in [0.4, 0.5) is 5.82 Å². The molecule has 0 atom stereocenters. The zero-order chi connectivity index (χ0) is 18.6. The number of carbonyl (C=O) groups excluding carboxylic acids is 1. The number of aryl methyl sites for hydroxylation is 1. The Kier molecular flexibility index (Phi) is 4.82. The van der Waals surface area contributed by atoms with Gasteiger partial charge in [-0.1, -0.05) is 30.5 Å². The number of hydrogen-bond donors (Lipinski definition) is 2. The van der Waals surface area contributed by atoms with Gasteiger partial charge in [0.15, 0.2) is 5.82 Å². The Balaban J connectivity index is 1.50. The van der Waals surface area contributed by atoms with Gasteiger partial charge in [0.25, 0.3) is 5.91 Å². The van der Waals surface area contributed by atoms with Gasteiger partial charge in [0.05, 0.1) is 12.2 Å². The highest BCUT2D eigenvalue weighted by Crippen LogP contribution is 2.32. The number of H-pyrrole nitrogens is 1. The second-order valence-corrected chi connectivity index (χ2v) is 6.78. The average Bonchev–Trinajstić information content (AvgIpc) is 3.33. The minimum atomic E-state index is -0.248. The van der Waals surface area contributed by atoms with Gasteiger partial charge in [-0.3, -0.25) is 9.89 Å². The van der Waals surface area contributed by atoms with E-state index in [0.717, 1.165) is 17.9 Å². The topological polar surface area (TPSA) is 92.8 Å². The van der Waals surface area contributed by atoms with E-state index in [4.69, 9.17) is 4.74 Å². The summed E-state index contributed by atoms with van der Waals surface area (Å²) in [6, 6.07) is 11.0. The predicted octanol–water partition coefficient (Wildman–Crippen LogP) is 3.61. The van der Waals surface area contributed by atoms with Crippen molar-refractivity contribution in [2.45, 2.75) is 26.2 Å². The van der Waals surface area contributed by atoms with Crippen LogP contribution in [0.25, 0.3) is 11.5 Å². The number of hydrogen-bond acceptors (Lipinski definition) is 5. The molecule has 1 aromatic carbocycles. The van der Waals surface area contributed by atoms with E-state index in [9.17, 15) is 4.79 Å². The maximum Gasteiger partial charge on any atom is 0.260 e. The summed E-state index contributed by atoms with van der Waals surface area (Å²) >= 11 is 0. The molecule has 7 nitrogen and oxygen atoms in total. The van der Waals surface area contributed by atoms with Crippen LogP contribution in [0.2, 0.25) is 0 Å². The molecular weight excluding hydrogens is 342 g/mol. The zero-order valence-electron chi connectivity index (χ0n) is 15.1. The molecule has 2 N–H and O–H groups in total. The first-order chi connectivity index (χ1) is 13.2. The Hall–Kier alpha value is -3.22.